The van der Waals surface area contributed by atoms with E-state index in [4.69, 9.17) is 42.7 Å². The zero-order valence-corrected chi connectivity index (χ0v) is 18.6. The van der Waals surface area contributed by atoms with E-state index in [-0.39, 0.29) is 12.4 Å². The number of ether oxygens (including phenoxy) is 3. The molecule has 0 radical (unpaired) electrons. The largest absolute Gasteiger partial charge is 0.490 e. The van der Waals surface area contributed by atoms with Crippen LogP contribution in [0.2, 0.25) is 6.04 Å². The second kappa shape index (κ2) is 12.3. The number of esters is 2. The van der Waals surface area contributed by atoms with Crippen LogP contribution < -0.4 is 9.47 Å². The molecule has 0 aromatic heterocycles. The Hall–Kier alpha value is -1.21. The van der Waals surface area contributed by atoms with Gasteiger partial charge in [-0.1, -0.05) is 18.9 Å². The summed E-state index contributed by atoms with van der Waals surface area (Å²) in [4.78, 5) is 23.2. The van der Waals surface area contributed by atoms with Crippen molar-refractivity contribution in [2.45, 2.75) is 38.7 Å². The normalized spacial score (nSPS) is 11.4. The third-order valence-corrected chi connectivity index (χ3v) is 6.07. The number of halogens is 3. The average molecular weight is 454 g/mol. The Morgan fingerprint density at radius 1 is 1.11 bits per heavy atom. The zero-order chi connectivity index (χ0) is 20.3. The molecule has 1 aromatic carbocycles. The Morgan fingerprint density at radius 2 is 1.85 bits per heavy atom. The molecule has 0 bridgehead atoms. The van der Waals surface area contributed by atoms with E-state index in [9.17, 15) is 9.59 Å². The van der Waals surface area contributed by atoms with Crippen LogP contribution in [0.5, 0.6) is 11.5 Å². The van der Waals surface area contributed by atoms with Crippen LogP contribution in [0.15, 0.2) is 24.3 Å². The van der Waals surface area contributed by atoms with E-state index in [1.807, 2.05) is 6.92 Å². The molecule has 0 N–H and O–H groups in total. The summed E-state index contributed by atoms with van der Waals surface area (Å²) >= 11 is 17.5. The molecule has 0 saturated heterocycles. The lowest BCUT2D eigenvalue weighted by molar-refractivity contribution is -0.135. The Morgan fingerprint density at radius 3 is 2.48 bits per heavy atom. The zero-order valence-electron chi connectivity index (χ0n) is 15.3. The van der Waals surface area contributed by atoms with Crippen molar-refractivity contribution in [3.05, 3.63) is 29.8 Å². The second-order valence-corrected chi connectivity index (χ2v) is 14.9. The van der Waals surface area contributed by atoms with E-state index in [0.717, 1.165) is 18.4 Å². The van der Waals surface area contributed by atoms with Gasteiger partial charge in [0, 0.05) is 12.5 Å². The highest BCUT2D eigenvalue weighted by molar-refractivity contribution is 7.64. The summed E-state index contributed by atoms with van der Waals surface area (Å²) in [5.41, 5.74) is 0.722. The molecular weight excluding hydrogens is 431 g/mol. The Bertz CT molecular complexity index is 659. The highest BCUT2D eigenvalue weighted by Gasteiger charge is 2.23. The van der Waals surface area contributed by atoms with Crippen molar-refractivity contribution in [1.29, 1.82) is 0 Å². The van der Waals surface area contributed by atoms with Gasteiger partial charge in [0.25, 0.3) is 0 Å². The van der Waals surface area contributed by atoms with Crippen molar-refractivity contribution in [3.8, 4) is 11.5 Å². The minimum Gasteiger partial charge on any atom is -0.490 e. The molecule has 0 spiro atoms. The maximum Gasteiger partial charge on any atom is 0.341 e. The highest BCUT2D eigenvalue weighted by atomic mass is 35.8. The fourth-order valence-corrected chi connectivity index (χ4v) is 4.01. The molecule has 27 heavy (non-hydrogen) atoms. The molecule has 5 nitrogen and oxygen atoms in total. The van der Waals surface area contributed by atoms with E-state index in [0.29, 0.717) is 30.6 Å². The topological polar surface area (TPSA) is 61.8 Å². The van der Waals surface area contributed by atoms with Crippen molar-refractivity contribution in [2.24, 2.45) is 0 Å². The van der Waals surface area contributed by atoms with Gasteiger partial charge in [0.15, 0.2) is 11.5 Å². The first-order valence-corrected chi connectivity index (χ1v) is 13.8. The lowest BCUT2D eigenvalue weighted by Crippen LogP contribution is -2.10. The summed E-state index contributed by atoms with van der Waals surface area (Å²) in [7, 11) is 1.31. The van der Waals surface area contributed by atoms with Crippen LogP contribution in [-0.4, -0.2) is 31.7 Å². The average Bonchev–Trinajstić information content (AvgIpc) is 2.60. The van der Waals surface area contributed by atoms with Crippen molar-refractivity contribution in [3.63, 3.8) is 0 Å². The van der Waals surface area contributed by atoms with Crippen LogP contribution in [0, 0.1) is 0 Å². The molecule has 0 aliphatic carbocycles. The highest BCUT2D eigenvalue weighted by Crippen LogP contribution is 2.30. The fourth-order valence-electron chi connectivity index (χ4n) is 2.16. The van der Waals surface area contributed by atoms with Gasteiger partial charge in [0.1, 0.15) is 0 Å². The van der Waals surface area contributed by atoms with Gasteiger partial charge in [-0.2, -0.15) is 0 Å². The first kappa shape index (κ1) is 23.8. The van der Waals surface area contributed by atoms with Gasteiger partial charge in [-0.3, -0.25) is 4.79 Å². The molecule has 1 rings (SSSR count). The minimum absolute atomic E-state index is 0.275. The monoisotopic (exact) mass is 452 g/mol. The summed E-state index contributed by atoms with van der Waals surface area (Å²) in [5.74, 6) is -0.0355. The summed E-state index contributed by atoms with van der Waals surface area (Å²) in [6.45, 7) is 2.24. The number of benzene rings is 1. The van der Waals surface area contributed by atoms with E-state index < -0.39 is 12.0 Å². The Kier molecular flexibility index (Phi) is 10.8. The molecule has 0 aliphatic heterocycles. The van der Waals surface area contributed by atoms with Crippen LogP contribution >= 0.6 is 33.2 Å². The lowest BCUT2D eigenvalue weighted by atomic mass is 10.2. The molecule has 0 fully saturated rings. The number of rotatable bonds is 11. The number of carbonyl (C=O) groups excluding carboxylic acids is 2. The molecule has 0 saturated carbocycles. The van der Waals surface area contributed by atoms with Crippen LogP contribution in [0.3, 0.4) is 0 Å². The maximum absolute atomic E-state index is 12.0. The van der Waals surface area contributed by atoms with E-state index in [2.05, 4.69) is 4.74 Å². The number of hydrogen-bond acceptors (Lipinski definition) is 5. The number of carbonyl (C=O) groups is 2. The van der Waals surface area contributed by atoms with Crippen LogP contribution in [0.4, 0.5) is 0 Å². The van der Waals surface area contributed by atoms with E-state index in [1.165, 1.54) is 13.2 Å². The van der Waals surface area contributed by atoms with Crippen LogP contribution in [0.25, 0.3) is 6.08 Å². The third-order valence-electron chi connectivity index (χ3n) is 3.45. The fraction of sp³-hybridized carbons (Fsp3) is 0.444. The second-order valence-electron chi connectivity index (χ2n) is 5.65. The maximum atomic E-state index is 12.0. The van der Waals surface area contributed by atoms with Crippen LogP contribution in [0.1, 0.15) is 38.2 Å². The first-order valence-electron chi connectivity index (χ1n) is 8.55. The number of hydrogen-bond donors (Lipinski definition) is 0. The molecule has 0 atom stereocenters. The first-order chi connectivity index (χ1) is 12.7. The minimum atomic E-state index is -2.58. The summed E-state index contributed by atoms with van der Waals surface area (Å²) in [5, 5.41) is 0. The summed E-state index contributed by atoms with van der Waals surface area (Å²) in [6, 6.07) is 3.04. The molecular formula is C18H23Cl3O5Si. The molecule has 0 aliphatic rings. The summed E-state index contributed by atoms with van der Waals surface area (Å²) in [6.07, 6.45) is 5.41. The molecule has 9 heteroatoms. The van der Waals surface area contributed by atoms with Gasteiger partial charge >= 0.3 is 17.9 Å². The molecule has 0 unspecified atom stereocenters. The Balaban J connectivity index is 2.60. The number of unbranched alkanes of at least 4 members (excludes halogenated alkanes) is 2. The van der Waals surface area contributed by atoms with Crippen LogP contribution in [-0.2, 0) is 14.3 Å². The molecule has 0 heterocycles. The lowest BCUT2D eigenvalue weighted by Gasteiger charge is -2.11. The van der Waals surface area contributed by atoms with Gasteiger partial charge < -0.3 is 14.2 Å². The predicted molar refractivity (Wildman–Crippen MR) is 111 cm³/mol. The van der Waals surface area contributed by atoms with Crippen molar-refractivity contribution >= 4 is 57.3 Å². The van der Waals surface area contributed by atoms with E-state index in [1.54, 1.807) is 24.3 Å². The van der Waals surface area contributed by atoms with Gasteiger partial charge in [0.05, 0.1) is 13.7 Å². The van der Waals surface area contributed by atoms with Crippen molar-refractivity contribution in [2.75, 3.05) is 13.7 Å². The standard InChI is InChI=1S/C18H23Cl3O5Si/c1-3-25-16-13-14(9-11-17(22)24-2)8-10-15(16)26-18(23)7-5-4-6-12-27(19,20)21/h8-11,13H,3-7,12H2,1-2H3/b11-9+. The Labute approximate surface area is 174 Å². The van der Waals surface area contributed by atoms with Gasteiger partial charge in [-0.05, 0) is 43.2 Å². The molecule has 0 amide bonds. The molecule has 1 aromatic rings. The van der Waals surface area contributed by atoms with Crippen molar-refractivity contribution in [1.82, 2.24) is 0 Å². The number of methoxy groups -OCH3 is 1. The van der Waals surface area contributed by atoms with Gasteiger partial charge in [0.2, 0.25) is 0 Å². The smallest absolute Gasteiger partial charge is 0.341 e. The van der Waals surface area contributed by atoms with E-state index >= 15 is 0 Å². The van der Waals surface area contributed by atoms with Crippen molar-refractivity contribution < 1.29 is 23.8 Å². The predicted octanol–water partition coefficient (Wildman–Crippen LogP) is 5.39. The van der Waals surface area contributed by atoms with Gasteiger partial charge in [-0.15, -0.1) is 33.2 Å². The van der Waals surface area contributed by atoms with Gasteiger partial charge in [-0.25, -0.2) is 4.79 Å². The quantitative estimate of drug-likeness (QED) is 0.112. The SMILES string of the molecule is CCOc1cc(/C=C/C(=O)OC)ccc1OC(=O)CCCCC[Si](Cl)(Cl)Cl. The summed E-state index contributed by atoms with van der Waals surface area (Å²) < 4.78 is 15.5. The third kappa shape index (κ3) is 10.6. The molecule has 150 valence electrons.